The molecular formula is C19H36IN5O2. The Morgan fingerprint density at radius 2 is 1.96 bits per heavy atom. The molecule has 0 aliphatic carbocycles. The van der Waals surface area contributed by atoms with E-state index in [0.717, 1.165) is 76.9 Å². The quantitative estimate of drug-likeness (QED) is 0.239. The Hall–Kier alpha value is -0.870. The first-order chi connectivity index (χ1) is 12.6. The van der Waals surface area contributed by atoms with Crippen LogP contribution in [0, 0.1) is 19.8 Å². The van der Waals surface area contributed by atoms with E-state index in [1.54, 1.807) is 7.05 Å². The molecule has 1 saturated heterocycles. The average Bonchev–Trinajstić information content (AvgIpc) is 2.89. The van der Waals surface area contributed by atoms with Gasteiger partial charge in [0.1, 0.15) is 0 Å². The minimum atomic E-state index is 0. The predicted molar refractivity (Wildman–Crippen MR) is 120 cm³/mol. The molecule has 8 heteroatoms. The van der Waals surface area contributed by atoms with Crippen molar-refractivity contribution < 1.29 is 9.47 Å². The molecule has 2 N–H and O–H groups in total. The highest BCUT2D eigenvalue weighted by Crippen LogP contribution is 2.14. The summed E-state index contributed by atoms with van der Waals surface area (Å²) in [5.41, 5.74) is 3.65. The van der Waals surface area contributed by atoms with Crippen LogP contribution in [0.5, 0.6) is 0 Å². The molecule has 1 aliphatic rings. The Kier molecular flexibility index (Phi) is 11.9. The first kappa shape index (κ1) is 24.2. The van der Waals surface area contributed by atoms with Gasteiger partial charge in [0.25, 0.3) is 0 Å². The maximum atomic E-state index is 5.79. The number of aryl methyl sites for hydroxylation is 2. The highest BCUT2D eigenvalue weighted by molar-refractivity contribution is 14.0. The first-order valence-electron chi connectivity index (χ1n) is 9.71. The van der Waals surface area contributed by atoms with Crippen LogP contribution in [0.4, 0.5) is 0 Å². The molecule has 0 atom stereocenters. The van der Waals surface area contributed by atoms with Gasteiger partial charge in [-0.15, -0.1) is 24.0 Å². The second-order valence-corrected chi connectivity index (χ2v) is 6.93. The second kappa shape index (κ2) is 13.3. The van der Waals surface area contributed by atoms with Gasteiger partial charge in [-0.3, -0.25) is 9.67 Å². The van der Waals surface area contributed by atoms with Gasteiger partial charge in [-0.2, -0.15) is 5.10 Å². The topological polar surface area (TPSA) is 72.7 Å². The lowest BCUT2D eigenvalue weighted by Gasteiger charge is -2.21. The number of guanidine groups is 1. The minimum Gasteiger partial charge on any atom is -0.381 e. The standard InChI is InChI=1S/C19H35N5O2.HI/c1-15-18(16(2)24(4)23-15)6-10-22-19(20-3)21-9-5-11-26-14-17-7-12-25-13-8-17;/h17H,5-14H2,1-4H3,(H2,20,21,22);1H. The van der Waals surface area contributed by atoms with Crippen molar-refractivity contribution in [2.45, 2.75) is 39.5 Å². The van der Waals surface area contributed by atoms with E-state index in [1.165, 1.54) is 11.3 Å². The smallest absolute Gasteiger partial charge is 0.190 e. The van der Waals surface area contributed by atoms with E-state index in [9.17, 15) is 0 Å². The van der Waals surface area contributed by atoms with Crippen LogP contribution in [0.1, 0.15) is 36.2 Å². The number of nitrogens with one attached hydrogen (secondary N) is 2. The van der Waals surface area contributed by atoms with E-state index in [0.29, 0.717) is 5.92 Å². The van der Waals surface area contributed by atoms with Crippen molar-refractivity contribution in [2.24, 2.45) is 18.0 Å². The maximum absolute atomic E-state index is 5.79. The SMILES string of the molecule is CN=C(NCCCOCC1CCOCC1)NCCc1c(C)nn(C)c1C.I. The van der Waals surface area contributed by atoms with Crippen molar-refractivity contribution in [1.29, 1.82) is 0 Å². The molecule has 1 aromatic rings. The number of halogens is 1. The van der Waals surface area contributed by atoms with Crippen LogP contribution in [0.15, 0.2) is 4.99 Å². The van der Waals surface area contributed by atoms with Crippen LogP contribution < -0.4 is 10.6 Å². The lowest BCUT2D eigenvalue weighted by molar-refractivity contribution is 0.0203. The molecule has 0 amide bonds. The fraction of sp³-hybridized carbons (Fsp3) is 0.789. The van der Waals surface area contributed by atoms with Gasteiger partial charge in [0.15, 0.2) is 5.96 Å². The summed E-state index contributed by atoms with van der Waals surface area (Å²) in [7, 11) is 3.79. The van der Waals surface area contributed by atoms with Crippen molar-refractivity contribution in [3.63, 3.8) is 0 Å². The molecule has 0 unspecified atom stereocenters. The number of rotatable bonds is 9. The molecule has 0 spiro atoms. The fourth-order valence-corrected chi connectivity index (χ4v) is 3.25. The molecule has 0 aromatic carbocycles. The van der Waals surface area contributed by atoms with Crippen molar-refractivity contribution >= 4 is 29.9 Å². The summed E-state index contributed by atoms with van der Waals surface area (Å²) < 4.78 is 13.1. The summed E-state index contributed by atoms with van der Waals surface area (Å²) in [4.78, 5) is 4.28. The summed E-state index contributed by atoms with van der Waals surface area (Å²) in [5, 5.41) is 11.2. The average molecular weight is 493 g/mol. The molecule has 1 aromatic heterocycles. The lowest BCUT2D eigenvalue weighted by Crippen LogP contribution is -2.39. The normalized spacial score (nSPS) is 15.5. The molecule has 0 radical (unpaired) electrons. The summed E-state index contributed by atoms with van der Waals surface area (Å²) in [6.45, 7) is 9.30. The van der Waals surface area contributed by atoms with Crippen molar-refractivity contribution in [3.8, 4) is 0 Å². The minimum absolute atomic E-state index is 0. The Bertz CT molecular complexity index is 571. The molecule has 2 heterocycles. The van der Waals surface area contributed by atoms with E-state index < -0.39 is 0 Å². The molecule has 0 saturated carbocycles. The maximum Gasteiger partial charge on any atom is 0.190 e. The van der Waals surface area contributed by atoms with Crippen LogP contribution in [-0.2, 0) is 22.9 Å². The van der Waals surface area contributed by atoms with Gasteiger partial charge in [0.2, 0.25) is 0 Å². The zero-order valence-electron chi connectivity index (χ0n) is 17.2. The number of hydrogen-bond acceptors (Lipinski definition) is 4. The van der Waals surface area contributed by atoms with Crippen molar-refractivity contribution in [3.05, 3.63) is 17.0 Å². The monoisotopic (exact) mass is 493 g/mol. The number of aromatic nitrogens is 2. The third-order valence-electron chi connectivity index (χ3n) is 5.00. The number of aliphatic imine (C=N–C) groups is 1. The molecule has 1 aliphatic heterocycles. The molecular weight excluding hydrogens is 457 g/mol. The number of ether oxygens (including phenoxy) is 2. The second-order valence-electron chi connectivity index (χ2n) is 6.93. The van der Waals surface area contributed by atoms with Crippen LogP contribution in [-0.4, -0.2) is 62.3 Å². The van der Waals surface area contributed by atoms with Gasteiger partial charge >= 0.3 is 0 Å². The van der Waals surface area contributed by atoms with E-state index in [1.807, 2.05) is 11.7 Å². The molecule has 7 nitrogen and oxygen atoms in total. The zero-order chi connectivity index (χ0) is 18.8. The van der Waals surface area contributed by atoms with Crippen molar-refractivity contribution in [1.82, 2.24) is 20.4 Å². The van der Waals surface area contributed by atoms with Gasteiger partial charge in [-0.1, -0.05) is 0 Å². The summed E-state index contributed by atoms with van der Waals surface area (Å²) in [6.07, 6.45) is 4.18. The number of hydrogen-bond donors (Lipinski definition) is 2. The molecule has 27 heavy (non-hydrogen) atoms. The third kappa shape index (κ3) is 8.35. The van der Waals surface area contributed by atoms with Crippen LogP contribution >= 0.6 is 24.0 Å². The predicted octanol–water partition coefficient (Wildman–Crippen LogP) is 2.20. The fourth-order valence-electron chi connectivity index (χ4n) is 3.25. The summed E-state index contributed by atoms with van der Waals surface area (Å²) >= 11 is 0. The molecule has 0 bridgehead atoms. The van der Waals surface area contributed by atoms with Gasteiger partial charge in [0, 0.05) is 59.3 Å². The largest absolute Gasteiger partial charge is 0.381 e. The zero-order valence-corrected chi connectivity index (χ0v) is 19.5. The summed E-state index contributed by atoms with van der Waals surface area (Å²) in [6, 6.07) is 0. The van der Waals surface area contributed by atoms with Gasteiger partial charge in [-0.05, 0) is 51.0 Å². The highest BCUT2D eigenvalue weighted by Gasteiger charge is 2.13. The Labute approximate surface area is 180 Å². The lowest BCUT2D eigenvalue weighted by atomic mass is 10.0. The number of nitrogens with zero attached hydrogens (tertiary/aromatic N) is 3. The third-order valence-corrected chi connectivity index (χ3v) is 5.00. The van der Waals surface area contributed by atoms with E-state index >= 15 is 0 Å². The van der Waals surface area contributed by atoms with Crippen molar-refractivity contribution in [2.75, 3.05) is 46.6 Å². The summed E-state index contributed by atoms with van der Waals surface area (Å²) in [5.74, 6) is 1.51. The Morgan fingerprint density at radius 1 is 1.26 bits per heavy atom. The van der Waals surface area contributed by atoms with Crippen LogP contribution in [0.2, 0.25) is 0 Å². The molecule has 2 rings (SSSR count). The first-order valence-corrected chi connectivity index (χ1v) is 9.71. The highest BCUT2D eigenvalue weighted by atomic mass is 127. The Balaban J connectivity index is 0.00000364. The van der Waals surface area contributed by atoms with Gasteiger partial charge in [-0.25, -0.2) is 0 Å². The van der Waals surface area contributed by atoms with Gasteiger partial charge < -0.3 is 20.1 Å². The molecule has 1 fully saturated rings. The van der Waals surface area contributed by atoms with E-state index in [2.05, 4.69) is 34.6 Å². The van der Waals surface area contributed by atoms with E-state index in [4.69, 9.17) is 9.47 Å². The van der Waals surface area contributed by atoms with Crippen LogP contribution in [0.3, 0.4) is 0 Å². The molecule has 156 valence electrons. The van der Waals surface area contributed by atoms with Crippen LogP contribution in [0.25, 0.3) is 0 Å². The Morgan fingerprint density at radius 3 is 2.59 bits per heavy atom. The van der Waals surface area contributed by atoms with E-state index in [-0.39, 0.29) is 24.0 Å². The van der Waals surface area contributed by atoms with Gasteiger partial charge in [0.05, 0.1) is 5.69 Å².